The lowest BCUT2D eigenvalue weighted by Crippen LogP contribution is -2.35. The Bertz CT molecular complexity index is 314. The van der Waals surface area contributed by atoms with E-state index >= 15 is 0 Å². The van der Waals surface area contributed by atoms with Gasteiger partial charge in [-0.3, -0.25) is 0 Å². The molecule has 0 amide bonds. The van der Waals surface area contributed by atoms with E-state index in [4.69, 9.17) is 5.11 Å². The Balaban J connectivity index is 2.79. The molecule has 0 spiro atoms. The molecule has 0 saturated heterocycles. The van der Waals surface area contributed by atoms with Crippen molar-refractivity contribution in [2.75, 3.05) is 11.9 Å². The smallest absolute Gasteiger partial charge is 0.129 e. The van der Waals surface area contributed by atoms with Gasteiger partial charge in [-0.25, -0.2) is 4.98 Å². The molecule has 1 rings (SSSR count). The van der Waals surface area contributed by atoms with E-state index in [0.717, 1.165) is 24.2 Å². The summed E-state index contributed by atoms with van der Waals surface area (Å²) in [6, 6.07) is 3.96. The lowest BCUT2D eigenvalue weighted by atomic mass is 9.94. The molecule has 84 valence electrons. The van der Waals surface area contributed by atoms with Gasteiger partial charge in [0.2, 0.25) is 0 Å². The van der Waals surface area contributed by atoms with Crippen LogP contribution in [0.1, 0.15) is 32.3 Å². The van der Waals surface area contributed by atoms with Gasteiger partial charge >= 0.3 is 0 Å². The highest BCUT2D eigenvalue weighted by Crippen LogP contribution is 2.22. The number of aliphatic hydroxyl groups excluding tert-OH is 1. The molecule has 0 aliphatic heterocycles. The maximum atomic E-state index is 9.02. The number of aromatic nitrogens is 1. The minimum atomic E-state index is -0.0755. The van der Waals surface area contributed by atoms with E-state index in [1.165, 1.54) is 0 Å². The van der Waals surface area contributed by atoms with Gasteiger partial charge in [0, 0.05) is 18.3 Å². The molecule has 1 aromatic heterocycles. The van der Waals surface area contributed by atoms with Crippen LogP contribution in [0.5, 0.6) is 0 Å². The fourth-order valence-corrected chi connectivity index (χ4v) is 1.48. The highest BCUT2D eigenvalue weighted by Gasteiger charge is 2.21. The molecule has 0 aliphatic carbocycles. The molecule has 1 unspecified atom stereocenters. The maximum absolute atomic E-state index is 9.02. The zero-order valence-corrected chi connectivity index (χ0v) is 9.75. The first kappa shape index (κ1) is 12.0. The highest BCUT2D eigenvalue weighted by atomic mass is 16.3. The summed E-state index contributed by atoms with van der Waals surface area (Å²) >= 11 is 0. The second kappa shape index (κ2) is 5.12. The number of rotatable bonds is 5. The number of hydrogen-bond acceptors (Lipinski definition) is 3. The van der Waals surface area contributed by atoms with Gasteiger partial charge in [0.15, 0.2) is 0 Å². The summed E-state index contributed by atoms with van der Waals surface area (Å²) < 4.78 is 0. The summed E-state index contributed by atoms with van der Waals surface area (Å²) in [6.07, 6.45) is 3.48. The first-order chi connectivity index (χ1) is 7.11. The summed E-state index contributed by atoms with van der Waals surface area (Å²) in [5.41, 5.74) is 1.06. The van der Waals surface area contributed by atoms with Crippen LogP contribution in [0, 0.1) is 6.92 Å². The molecule has 2 N–H and O–H groups in total. The maximum Gasteiger partial charge on any atom is 0.129 e. The molecule has 3 nitrogen and oxygen atoms in total. The third kappa shape index (κ3) is 3.20. The van der Waals surface area contributed by atoms with Gasteiger partial charge in [0.25, 0.3) is 0 Å². The van der Waals surface area contributed by atoms with Crippen molar-refractivity contribution in [3.05, 3.63) is 23.9 Å². The minimum absolute atomic E-state index is 0.0755. The number of nitrogens with one attached hydrogen (secondary N) is 1. The third-order valence-corrected chi connectivity index (χ3v) is 2.87. The molecule has 0 fully saturated rings. The topological polar surface area (TPSA) is 45.1 Å². The molecular formula is C12H20N2O. The first-order valence-electron chi connectivity index (χ1n) is 5.42. The Kier molecular flexibility index (Phi) is 4.09. The zero-order valence-electron chi connectivity index (χ0n) is 9.75. The van der Waals surface area contributed by atoms with E-state index in [1.54, 1.807) is 6.20 Å². The van der Waals surface area contributed by atoms with Gasteiger partial charge in [-0.2, -0.15) is 0 Å². The SMILES string of the molecule is CCC(C)(CCO)Nc1ncccc1C. The van der Waals surface area contributed by atoms with Gasteiger partial charge < -0.3 is 10.4 Å². The third-order valence-electron chi connectivity index (χ3n) is 2.87. The second-order valence-electron chi connectivity index (χ2n) is 4.18. The van der Waals surface area contributed by atoms with Gasteiger partial charge in [0.1, 0.15) is 5.82 Å². The number of hydrogen-bond donors (Lipinski definition) is 2. The minimum Gasteiger partial charge on any atom is -0.396 e. The van der Waals surface area contributed by atoms with Crippen LogP contribution in [-0.2, 0) is 0 Å². The first-order valence-corrected chi connectivity index (χ1v) is 5.42. The van der Waals surface area contributed by atoms with Crippen LogP contribution in [0.3, 0.4) is 0 Å². The number of nitrogens with zero attached hydrogens (tertiary/aromatic N) is 1. The molecular weight excluding hydrogens is 188 g/mol. The molecule has 3 heteroatoms. The molecule has 0 aliphatic rings. The van der Waals surface area contributed by atoms with E-state index in [1.807, 2.05) is 19.1 Å². The van der Waals surface area contributed by atoms with E-state index < -0.39 is 0 Å². The summed E-state index contributed by atoms with van der Waals surface area (Å²) in [5, 5.41) is 12.4. The second-order valence-corrected chi connectivity index (χ2v) is 4.18. The monoisotopic (exact) mass is 208 g/mol. The van der Waals surface area contributed by atoms with Crippen molar-refractivity contribution in [1.82, 2.24) is 4.98 Å². The average Bonchev–Trinajstić information content (AvgIpc) is 2.22. The van der Waals surface area contributed by atoms with Gasteiger partial charge in [-0.05, 0) is 38.3 Å². The van der Waals surface area contributed by atoms with Crippen molar-refractivity contribution in [3.8, 4) is 0 Å². The Morgan fingerprint density at radius 3 is 2.80 bits per heavy atom. The molecule has 1 aromatic rings. The van der Waals surface area contributed by atoms with Crippen LogP contribution in [0.25, 0.3) is 0 Å². The van der Waals surface area contributed by atoms with Crippen molar-refractivity contribution >= 4 is 5.82 Å². The van der Waals surface area contributed by atoms with Crippen LogP contribution < -0.4 is 5.32 Å². The average molecular weight is 208 g/mol. The Hall–Kier alpha value is -1.09. The van der Waals surface area contributed by atoms with Gasteiger partial charge in [-0.15, -0.1) is 0 Å². The van der Waals surface area contributed by atoms with Crippen LogP contribution in [0.2, 0.25) is 0 Å². The highest BCUT2D eigenvalue weighted by molar-refractivity contribution is 5.44. The normalized spacial score (nSPS) is 14.7. The molecule has 0 radical (unpaired) electrons. The summed E-state index contributed by atoms with van der Waals surface area (Å²) in [6.45, 7) is 6.45. The molecule has 0 saturated carbocycles. The number of anilines is 1. The fourth-order valence-electron chi connectivity index (χ4n) is 1.48. The van der Waals surface area contributed by atoms with Crippen molar-refractivity contribution < 1.29 is 5.11 Å². The number of aliphatic hydroxyl groups is 1. The quantitative estimate of drug-likeness (QED) is 0.780. The van der Waals surface area contributed by atoms with E-state index in [-0.39, 0.29) is 12.1 Å². The summed E-state index contributed by atoms with van der Waals surface area (Å²) in [4.78, 5) is 4.30. The molecule has 15 heavy (non-hydrogen) atoms. The van der Waals surface area contributed by atoms with E-state index in [9.17, 15) is 0 Å². The predicted molar refractivity (Wildman–Crippen MR) is 63.0 cm³/mol. The predicted octanol–water partition coefficient (Wildman–Crippen LogP) is 2.35. The molecule has 1 heterocycles. The van der Waals surface area contributed by atoms with Crippen molar-refractivity contribution in [1.29, 1.82) is 0 Å². The van der Waals surface area contributed by atoms with Crippen LogP contribution in [0.4, 0.5) is 5.82 Å². The zero-order chi connectivity index (χ0) is 11.3. The Labute approximate surface area is 91.5 Å². The fraction of sp³-hybridized carbons (Fsp3) is 0.583. The lowest BCUT2D eigenvalue weighted by Gasteiger charge is -2.30. The standard InChI is InChI=1S/C12H20N2O/c1-4-12(3,7-9-15)14-11-10(2)6-5-8-13-11/h5-6,8,15H,4,7,9H2,1-3H3,(H,13,14). The van der Waals surface area contributed by atoms with Crippen LogP contribution in [0.15, 0.2) is 18.3 Å². The van der Waals surface area contributed by atoms with Crippen molar-refractivity contribution in [2.24, 2.45) is 0 Å². The summed E-state index contributed by atoms with van der Waals surface area (Å²) in [5.74, 6) is 0.912. The number of pyridine rings is 1. The lowest BCUT2D eigenvalue weighted by molar-refractivity contribution is 0.251. The Morgan fingerprint density at radius 2 is 2.27 bits per heavy atom. The van der Waals surface area contributed by atoms with E-state index in [0.29, 0.717) is 0 Å². The molecule has 0 bridgehead atoms. The molecule has 0 aromatic carbocycles. The van der Waals surface area contributed by atoms with Crippen LogP contribution >= 0.6 is 0 Å². The summed E-state index contributed by atoms with van der Waals surface area (Å²) in [7, 11) is 0. The number of aryl methyl sites for hydroxylation is 1. The van der Waals surface area contributed by atoms with Gasteiger partial charge in [0.05, 0.1) is 0 Å². The van der Waals surface area contributed by atoms with Crippen molar-refractivity contribution in [3.63, 3.8) is 0 Å². The Morgan fingerprint density at radius 1 is 1.53 bits per heavy atom. The van der Waals surface area contributed by atoms with Crippen LogP contribution in [-0.4, -0.2) is 22.2 Å². The van der Waals surface area contributed by atoms with Crippen molar-refractivity contribution in [2.45, 2.75) is 39.2 Å². The molecule has 1 atom stereocenters. The van der Waals surface area contributed by atoms with Gasteiger partial charge in [-0.1, -0.05) is 13.0 Å². The van der Waals surface area contributed by atoms with E-state index in [2.05, 4.69) is 24.1 Å². The largest absolute Gasteiger partial charge is 0.396 e.